The quantitative estimate of drug-likeness (QED) is 0.853. The molecule has 2 aromatic rings. The Morgan fingerprint density at radius 3 is 2.65 bits per heavy atom. The van der Waals surface area contributed by atoms with Crippen molar-refractivity contribution in [2.24, 2.45) is 0 Å². The van der Waals surface area contributed by atoms with Crippen LogP contribution in [0.3, 0.4) is 0 Å². The lowest BCUT2D eigenvalue weighted by atomic mass is 9.95. The number of carbonyl (C=O) groups is 1. The van der Waals surface area contributed by atoms with Gasteiger partial charge in [0.2, 0.25) is 0 Å². The minimum absolute atomic E-state index is 0.0668. The van der Waals surface area contributed by atoms with Gasteiger partial charge in [-0.2, -0.15) is 0 Å². The van der Waals surface area contributed by atoms with Crippen molar-refractivity contribution in [1.29, 1.82) is 0 Å². The highest BCUT2D eigenvalue weighted by atomic mass is 79.9. The average Bonchev–Trinajstić information content (AvgIpc) is 2.47. The SMILES string of the molecule is CCC(C)(CCBr)NC(=O)c1ccc2nccnc2c1. The molecule has 0 aliphatic carbocycles. The molecule has 0 radical (unpaired) electrons. The number of nitrogens with zero attached hydrogens (tertiary/aromatic N) is 2. The van der Waals surface area contributed by atoms with E-state index in [-0.39, 0.29) is 11.4 Å². The molecule has 0 saturated heterocycles. The predicted octanol–water partition coefficient (Wildman–Crippen LogP) is 3.31. The van der Waals surface area contributed by atoms with E-state index in [1.165, 1.54) is 0 Å². The van der Waals surface area contributed by atoms with Gasteiger partial charge in [-0.1, -0.05) is 22.9 Å². The monoisotopic (exact) mass is 335 g/mol. The van der Waals surface area contributed by atoms with Crippen molar-refractivity contribution in [2.45, 2.75) is 32.2 Å². The van der Waals surface area contributed by atoms with E-state index in [1.54, 1.807) is 24.5 Å². The second-order valence-corrected chi connectivity index (χ2v) is 5.86. The number of alkyl halides is 1. The summed E-state index contributed by atoms with van der Waals surface area (Å²) in [6.45, 7) is 4.14. The number of amides is 1. The molecule has 1 aromatic carbocycles. The van der Waals surface area contributed by atoms with Crippen LogP contribution in [0.15, 0.2) is 30.6 Å². The topological polar surface area (TPSA) is 54.9 Å². The van der Waals surface area contributed by atoms with E-state index in [0.29, 0.717) is 5.56 Å². The zero-order chi connectivity index (χ0) is 14.6. The van der Waals surface area contributed by atoms with Gasteiger partial charge < -0.3 is 5.32 Å². The number of aromatic nitrogens is 2. The number of hydrogen-bond donors (Lipinski definition) is 1. The Kier molecular flexibility index (Phi) is 4.70. The molecule has 2 rings (SSSR count). The van der Waals surface area contributed by atoms with Gasteiger partial charge in [-0.05, 0) is 38.0 Å². The van der Waals surface area contributed by atoms with Gasteiger partial charge in [0, 0.05) is 28.8 Å². The van der Waals surface area contributed by atoms with Crippen LogP contribution in [-0.2, 0) is 0 Å². The molecule has 106 valence electrons. The molecule has 0 fully saturated rings. The molecule has 0 saturated carbocycles. The van der Waals surface area contributed by atoms with Crippen LogP contribution in [0.25, 0.3) is 11.0 Å². The molecule has 1 aromatic heterocycles. The molecule has 1 atom stereocenters. The number of fused-ring (bicyclic) bond motifs is 1. The average molecular weight is 336 g/mol. The summed E-state index contributed by atoms with van der Waals surface area (Å²) in [4.78, 5) is 20.8. The van der Waals surface area contributed by atoms with Gasteiger partial charge in [0.1, 0.15) is 0 Å². The van der Waals surface area contributed by atoms with Crippen LogP contribution in [-0.4, -0.2) is 26.7 Å². The van der Waals surface area contributed by atoms with Crippen LogP contribution in [0.2, 0.25) is 0 Å². The molecule has 1 N–H and O–H groups in total. The molecule has 0 aliphatic rings. The van der Waals surface area contributed by atoms with Crippen LogP contribution in [0.5, 0.6) is 0 Å². The van der Waals surface area contributed by atoms with Crippen LogP contribution >= 0.6 is 15.9 Å². The lowest BCUT2D eigenvalue weighted by Crippen LogP contribution is -2.45. The van der Waals surface area contributed by atoms with Crippen molar-refractivity contribution in [3.05, 3.63) is 36.2 Å². The summed E-state index contributed by atoms with van der Waals surface area (Å²) in [5.41, 5.74) is 1.95. The van der Waals surface area contributed by atoms with E-state index < -0.39 is 0 Å². The summed E-state index contributed by atoms with van der Waals surface area (Å²) in [5, 5.41) is 3.97. The highest BCUT2D eigenvalue weighted by Crippen LogP contribution is 2.18. The van der Waals surface area contributed by atoms with E-state index >= 15 is 0 Å². The second-order valence-electron chi connectivity index (χ2n) is 5.07. The van der Waals surface area contributed by atoms with Crippen LogP contribution in [0.1, 0.15) is 37.0 Å². The summed E-state index contributed by atoms with van der Waals surface area (Å²) < 4.78 is 0. The summed E-state index contributed by atoms with van der Waals surface area (Å²) in [6, 6.07) is 5.39. The maximum atomic E-state index is 12.4. The van der Waals surface area contributed by atoms with Crippen molar-refractivity contribution in [2.75, 3.05) is 5.33 Å². The van der Waals surface area contributed by atoms with Crippen molar-refractivity contribution in [3.8, 4) is 0 Å². The zero-order valence-corrected chi connectivity index (χ0v) is 13.3. The maximum absolute atomic E-state index is 12.4. The number of rotatable bonds is 5. The highest BCUT2D eigenvalue weighted by molar-refractivity contribution is 9.09. The van der Waals surface area contributed by atoms with E-state index in [4.69, 9.17) is 0 Å². The summed E-state index contributed by atoms with van der Waals surface area (Å²) in [6.07, 6.45) is 5.05. The largest absolute Gasteiger partial charge is 0.347 e. The van der Waals surface area contributed by atoms with Gasteiger partial charge in [0.15, 0.2) is 0 Å². The smallest absolute Gasteiger partial charge is 0.251 e. The van der Waals surface area contributed by atoms with Crippen molar-refractivity contribution in [1.82, 2.24) is 15.3 Å². The van der Waals surface area contributed by atoms with Crippen molar-refractivity contribution >= 4 is 32.9 Å². The van der Waals surface area contributed by atoms with Gasteiger partial charge >= 0.3 is 0 Å². The van der Waals surface area contributed by atoms with Crippen LogP contribution in [0.4, 0.5) is 0 Å². The molecular weight excluding hydrogens is 318 g/mol. The Bertz CT molecular complexity index is 617. The van der Waals surface area contributed by atoms with E-state index in [1.807, 2.05) is 6.07 Å². The zero-order valence-electron chi connectivity index (χ0n) is 11.7. The van der Waals surface area contributed by atoms with Crippen molar-refractivity contribution < 1.29 is 4.79 Å². The fourth-order valence-corrected chi connectivity index (χ4v) is 2.86. The van der Waals surface area contributed by atoms with E-state index in [2.05, 4.69) is 45.1 Å². The number of nitrogens with one attached hydrogen (secondary N) is 1. The van der Waals surface area contributed by atoms with Gasteiger partial charge in [-0.15, -0.1) is 0 Å². The fraction of sp³-hybridized carbons (Fsp3) is 0.400. The molecule has 0 spiro atoms. The second kappa shape index (κ2) is 6.31. The lowest BCUT2D eigenvalue weighted by molar-refractivity contribution is 0.0902. The van der Waals surface area contributed by atoms with Crippen molar-refractivity contribution in [3.63, 3.8) is 0 Å². The minimum atomic E-state index is -0.197. The summed E-state index contributed by atoms with van der Waals surface area (Å²) >= 11 is 3.44. The van der Waals surface area contributed by atoms with Crippen LogP contribution < -0.4 is 5.32 Å². The first-order valence-electron chi connectivity index (χ1n) is 6.67. The number of halogens is 1. The molecule has 20 heavy (non-hydrogen) atoms. The van der Waals surface area contributed by atoms with E-state index in [9.17, 15) is 4.79 Å². The number of benzene rings is 1. The summed E-state index contributed by atoms with van der Waals surface area (Å²) in [5.74, 6) is -0.0668. The first-order valence-corrected chi connectivity index (χ1v) is 7.79. The van der Waals surface area contributed by atoms with Gasteiger partial charge in [0.25, 0.3) is 5.91 Å². The Balaban J connectivity index is 2.22. The third kappa shape index (κ3) is 3.33. The van der Waals surface area contributed by atoms with Gasteiger partial charge in [0.05, 0.1) is 11.0 Å². The lowest BCUT2D eigenvalue weighted by Gasteiger charge is -2.29. The van der Waals surface area contributed by atoms with Crippen LogP contribution in [0, 0.1) is 0 Å². The third-order valence-corrected chi connectivity index (χ3v) is 3.97. The Morgan fingerprint density at radius 1 is 1.30 bits per heavy atom. The minimum Gasteiger partial charge on any atom is -0.347 e. The molecule has 0 aliphatic heterocycles. The number of carbonyl (C=O) groups excluding carboxylic acids is 1. The standard InChI is InChI=1S/C15H18BrN3O/c1-3-15(2,6-7-16)19-14(20)11-4-5-12-13(10-11)18-9-8-17-12/h4-5,8-10H,3,6-7H2,1-2H3,(H,19,20). The molecular formula is C15H18BrN3O. The Morgan fingerprint density at radius 2 is 2.00 bits per heavy atom. The van der Waals surface area contributed by atoms with Gasteiger partial charge in [-0.3, -0.25) is 14.8 Å². The molecule has 1 unspecified atom stereocenters. The molecule has 0 bridgehead atoms. The highest BCUT2D eigenvalue weighted by Gasteiger charge is 2.24. The van der Waals surface area contributed by atoms with Gasteiger partial charge in [-0.25, -0.2) is 0 Å². The first kappa shape index (κ1) is 14.9. The normalized spacial score (nSPS) is 13.9. The molecule has 4 nitrogen and oxygen atoms in total. The third-order valence-electron chi connectivity index (χ3n) is 3.57. The Labute approximate surface area is 127 Å². The fourth-order valence-electron chi connectivity index (χ4n) is 1.99. The summed E-state index contributed by atoms with van der Waals surface area (Å²) in [7, 11) is 0. The predicted molar refractivity (Wildman–Crippen MR) is 84.1 cm³/mol. The number of hydrogen-bond acceptors (Lipinski definition) is 3. The molecule has 1 amide bonds. The first-order chi connectivity index (χ1) is 9.58. The maximum Gasteiger partial charge on any atom is 0.251 e. The molecule has 1 heterocycles. The van der Waals surface area contributed by atoms with E-state index in [0.717, 1.165) is 29.2 Å². The Hall–Kier alpha value is -1.49. The molecule has 5 heteroatoms.